The highest BCUT2D eigenvalue weighted by Gasteiger charge is 2.10. The van der Waals surface area contributed by atoms with Crippen LogP contribution in [0.15, 0.2) is 18.3 Å². The Morgan fingerprint density at radius 2 is 2.14 bits per heavy atom. The molecule has 76 valence electrons. The number of morpholine rings is 1. The van der Waals surface area contributed by atoms with E-state index in [9.17, 15) is 0 Å². The van der Waals surface area contributed by atoms with Crippen LogP contribution in [0.1, 0.15) is 11.3 Å². The zero-order valence-electron chi connectivity index (χ0n) is 8.57. The lowest BCUT2D eigenvalue weighted by Gasteiger charge is -2.26. The molecule has 1 aromatic rings. The minimum Gasteiger partial charge on any atom is -0.379 e. The molecule has 0 spiro atoms. The Hall–Kier alpha value is -0.930. The molecule has 1 fully saturated rings. The second-order valence-corrected chi connectivity index (χ2v) is 3.72. The average Bonchev–Trinajstić information content (AvgIpc) is 2.23. The molecule has 1 aromatic heterocycles. The van der Waals surface area contributed by atoms with Gasteiger partial charge in [-0.15, -0.1) is 0 Å². The molecule has 0 radical (unpaired) electrons. The first-order valence-corrected chi connectivity index (χ1v) is 5.06. The summed E-state index contributed by atoms with van der Waals surface area (Å²) < 4.78 is 5.29. The quantitative estimate of drug-likeness (QED) is 0.704. The molecule has 0 N–H and O–H groups in total. The van der Waals surface area contributed by atoms with E-state index in [1.807, 2.05) is 6.20 Å². The summed E-state index contributed by atoms with van der Waals surface area (Å²) in [6.45, 7) is 6.76. The fraction of sp³-hybridized carbons (Fsp3) is 0.545. The largest absolute Gasteiger partial charge is 0.379 e. The summed E-state index contributed by atoms with van der Waals surface area (Å²) >= 11 is 0. The first kappa shape index (κ1) is 9.62. The second kappa shape index (κ2) is 4.53. The Kier molecular flexibility index (Phi) is 3.11. The number of rotatable bonds is 2. The van der Waals surface area contributed by atoms with E-state index in [2.05, 4.69) is 28.9 Å². The van der Waals surface area contributed by atoms with E-state index in [-0.39, 0.29) is 0 Å². The van der Waals surface area contributed by atoms with Gasteiger partial charge in [-0.2, -0.15) is 0 Å². The molecule has 0 amide bonds. The van der Waals surface area contributed by atoms with Gasteiger partial charge in [-0.3, -0.25) is 9.88 Å². The van der Waals surface area contributed by atoms with Crippen molar-refractivity contribution in [1.29, 1.82) is 0 Å². The van der Waals surface area contributed by atoms with Gasteiger partial charge in [0.2, 0.25) is 0 Å². The third-order valence-corrected chi connectivity index (χ3v) is 2.46. The number of hydrogen-bond acceptors (Lipinski definition) is 3. The van der Waals surface area contributed by atoms with E-state index in [4.69, 9.17) is 4.74 Å². The number of aromatic nitrogens is 1. The third kappa shape index (κ3) is 2.53. The topological polar surface area (TPSA) is 25.4 Å². The van der Waals surface area contributed by atoms with Crippen molar-refractivity contribution in [2.75, 3.05) is 26.3 Å². The molecule has 0 unspecified atom stereocenters. The molecular formula is C11H16N2O. The lowest BCUT2D eigenvalue weighted by molar-refractivity contribution is 0.0336. The van der Waals surface area contributed by atoms with E-state index < -0.39 is 0 Å². The summed E-state index contributed by atoms with van der Waals surface area (Å²) in [7, 11) is 0. The monoisotopic (exact) mass is 192 g/mol. The third-order valence-electron chi connectivity index (χ3n) is 2.46. The van der Waals surface area contributed by atoms with Gasteiger partial charge < -0.3 is 4.74 Å². The molecule has 1 aliphatic rings. The Bertz CT molecular complexity index is 278. The van der Waals surface area contributed by atoms with Crippen molar-refractivity contribution in [3.05, 3.63) is 29.6 Å². The number of aryl methyl sites for hydroxylation is 1. The minimum atomic E-state index is 0.853. The minimum absolute atomic E-state index is 0.853. The van der Waals surface area contributed by atoms with Crippen LogP contribution >= 0.6 is 0 Å². The molecule has 2 rings (SSSR count). The molecule has 3 nitrogen and oxygen atoms in total. The van der Waals surface area contributed by atoms with Crippen molar-refractivity contribution in [1.82, 2.24) is 9.88 Å². The van der Waals surface area contributed by atoms with Crippen LogP contribution in [0.2, 0.25) is 0 Å². The number of ether oxygens (including phenoxy) is 1. The van der Waals surface area contributed by atoms with Crippen LogP contribution in [0.25, 0.3) is 0 Å². The molecular weight excluding hydrogens is 176 g/mol. The van der Waals surface area contributed by atoms with Crippen molar-refractivity contribution < 1.29 is 4.74 Å². The molecule has 1 aliphatic heterocycles. The van der Waals surface area contributed by atoms with Crippen molar-refractivity contribution in [3.8, 4) is 0 Å². The fourth-order valence-corrected chi connectivity index (χ4v) is 1.58. The molecule has 3 heteroatoms. The van der Waals surface area contributed by atoms with Gasteiger partial charge in [0.25, 0.3) is 0 Å². The van der Waals surface area contributed by atoms with Crippen LogP contribution < -0.4 is 0 Å². The maximum absolute atomic E-state index is 5.29. The summed E-state index contributed by atoms with van der Waals surface area (Å²) in [5, 5.41) is 0. The van der Waals surface area contributed by atoms with Gasteiger partial charge in [0.1, 0.15) is 0 Å². The van der Waals surface area contributed by atoms with Crippen LogP contribution in [0.4, 0.5) is 0 Å². The van der Waals surface area contributed by atoms with E-state index in [1.54, 1.807) is 0 Å². The molecule has 2 heterocycles. The highest BCUT2D eigenvalue weighted by atomic mass is 16.5. The van der Waals surface area contributed by atoms with Gasteiger partial charge in [0.15, 0.2) is 0 Å². The summed E-state index contributed by atoms with van der Waals surface area (Å²) in [4.78, 5) is 6.77. The zero-order chi connectivity index (χ0) is 9.80. The molecule has 0 bridgehead atoms. The van der Waals surface area contributed by atoms with Crippen molar-refractivity contribution in [2.45, 2.75) is 13.5 Å². The van der Waals surface area contributed by atoms with Gasteiger partial charge in [-0.1, -0.05) is 6.07 Å². The smallest absolute Gasteiger partial charge is 0.0594 e. The van der Waals surface area contributed by atoms with Crippen LogP contribution in [-0.4, -0.2) is 36.2 Å². The van der Waals surface area contributed by atoms with Gasteiger partial charge in [0, 0.05) is 25.8 Å². The van der Waals surface area contributed by atoms with Crippen LogP contribution in [-0.2, 0) is 11.3 Å². The molecule has 14 heavy (non-hydrogen) atoms. The van der Waals surface area contributed by atoms with Gasteiger partial charge >= 0.3 is 0 Å². The number of nitrogens with zero attached hydrogens (tertiary/aromatic N) is 2. The molecule has 0 aliphatic carbocycles. The van der Waals surface area contributed by atoms with Crippen LogP contribution in [0.3, 0.4) is 0 Å². The predicted molar refractivity (Wildman–Crippen MR) is 55.1 cm³/mol. The predicted octanol–water partition coefficient (Wildman–Crippen LogP) is 1.22. The average molecular weight is 192 g/mol. The van der Waals surface area contributed by atoms with Crippen molar-refractivity contribution in [2.24, 2.45) is 0 Å². The molecule has 0 atom stereocenters. The van der Waals surface area contributed by atoms with Crippen molar-refractivity contribution in [3.63, 3.8) is 0 Å². The maximum Gasteiger partial charge on any atom is 0.0594 e. The number of pyridine rings is 1. The summed E-state index contributed by atoms with van der Waals surface area (Å²) in [5.74, 6) is 0. The summed E-state index contributed by atoms with van der Waals surface area (Å²) in [5.41, 5.74) is 2.37. The van der Waals surface area contributed by atoms with E-state index >= 15 is 0 Å². The maximum atomic E-state index is 5.29. The molecule has 0 saturated carbocycles. The Morgan fingerprint density at radius 1 is 1.36 bits per heavy atom. The second-order valence-electron chi connectivity index (χ2n) is 3.72. The fourth-order valence-electron chi connectivity index (χ4n) is 1.58. The highest BCUT2D eigenvalue weighted by Crippen LogP contribution is 2.05. The standard InChI is InChI=1S/C11H16N2O/c1-10-2-3-11(12-8-10)9-13-4-6-14-7-5-13/h2-3,8H,4-7,9H2,1H3. The van der Waals surface area contributed by atoms with Crippen LogP contribution in [0, 0.1) is 6.92 Å². The Morgan fingerprint density at radius 3 is 2.79 bits per heavy atom. The normalized spacial score (nSPS) is 18.4. The van der Waals surface area contributed by atoms with E-state index in [0.717, 1.165) is 38.5 Å². The SMILES string of the molecule is Cc1ccc(CN2CCOCC2)nc1. The van der Waals surface area contributed by atoms with Crippen LogP contribution in [0.5, 0.6) is 0 Å². The van der Waals surface area contributed by atoms with Crippen molar-refractivity contribution >= 4 is 0 Å². The Labute approximate surface area is 84.7 Å². The molecule has 0 aromatic carbocycles. The van der Waals surface area contributed by atoms with Gasteiger partial charge in [-0.25, -0.2) is 0 Å². The van der Waals surface area contributed by atoms with Gasteiger partial charge in [0.05, 0.1) is 18.9 Å². The first-order chi connectivity index (χ1) is 6.84. The number of hydrogen-bond donors (Lipinski definition) is 0. The van der Waals surface area contributed by atoms with E-state index in [1.165, 1.54) is 5.56 Å². The lowest BCUT2D eigenvalue weighted by Crippen LogP contribution is -2.35. The zero-order valence-corrected chi connectivity index (χ0v) is 8.57. The lowest BCUT2D eigenvalue weighted by atomic mass is 10.2. The molecule has 1 saturated heterocycles. The van der Waals surface area contributed by atoms with E-state index in [0.29, 0.717) is 0 Å². The highest BCUT2D eigenvalue weighted by molar-refractivity contribution is 5.12. The Balaban J connectivity index is 1.92. The van der Waals surface area contributed by atoms with Gasteiger partial charge in [-0.05, 0) is 18.6 Å². The summed E-state index contributed by atoms with van der Waals surface area (Å²) in [6, 6.07) is 4.22. The summed E-state index contributed by atoms with van der Waals surface area (Å²) in [6.07, 6.45) is 1.93. The first-order valence-electron chi connectivity index (χ1n) is 5.06.